The predicted molar refractivity (Wildman–Crippen MR) is 62.7 cm³/mol. The van der Waals surface area contributed by atoms with Crippen molar-refractivity contribution in [3.8, 4) is 0 Å². The molecule has 5 heteroatoms. The van der Waals surface area contributed by atoms with Crippen LogP contribution in [0.1, 0.15) is 12.5 Å². The fourth-order valence-electron chi connectivity index (χ4n) is 0.986. The quantitative estimate of drug-likeness (QED) is 0.593. The van der Waals surface area contributed by atoms with E-state index in [0.29, 0.717) is 4.90 Å². The molecule has 0 saturated heterocycles. The predicted octanol–water partition coefficient (Wildman–Crippen LogP) is 1.65. The SMILES string of the molecule is CCOC(=O)/C=N/S(=O)c1ccc(C)cc1. The maximum Gasteiger partial charge on any atom is 0.350 e. The van der Waals surface area contributed by atoms with Crippen molar-refractivity contribution in [2.45, 2.75) is 18.7 Å². The van der Waals surface area contributed by atoms with E-state index in [1.807, 2.05) is 19.1 Å². The van der Waals surface area contributed by atoms with Gasteiger partial charge in [-0.2, -0.15) is 4.40 Å². The molecule has 0 spiro atoms. The lowest BCUT2D eigenvalue weighted by atomic mass is 10.2. The van der Waals surface area contributed by atoms with E-state index >= 15 is 0 Å². The summed E-state index contributed by atoms with van der Waals surface area (Å²) in [5.74, 6) is -0.581. The second-order valence-electron chi connectivity index (χ2n) is 3.05. The summed E-state index contributed by atoms with van der Waals surface area (Å²) in [6.07, 6.45) is 0.944. The summed E-state index contributed by atoms with van der Waals surface area (Å²) >= 11 is 0. The molecular weight excluding hydrogens is 226 g/mol. The van der Waals surface area contributed by atoms with Gasteiger partial charge in [-0.25, -0.2) is 9.00 Å². The van der Waals surface area contributed by atoms with Gasteiger partial charge < -0.3 is 4.74 Å². The van der Waals surface area contributed by atoms with Gasteiger partial charge in [-0.15, -0.1) is 0 Å². The third-order valence-electron chi connectivity index (χ3n) is 1.76. The van der Waals surface area contributed by atoms with Crippen molar-refractivity contribution in [1.29, 1.82) is 0 Å². The Morgan fingerprint density at radius 3 is 2.62 bits per heavy atom. The van der Waals surface area contributed by atoms with E-state index in [-0.39, 0.29) is 6.61 Å². The molecule has 0 N–H and O–H groups in total. The summed E-state index contributed by atoms with van der Waals surface area (Å²) in [5, 5.41) is 0. The Morgan fingerprint density at radius 1 is 1.44 bits per heavy atom. The van der Waals surface area contributed by atoms with Gasteiger partial charge in [0.2, 0.25) is 0 Å². The van der Waals surface area contributed by atoms with Gasteiger partial charge in [0.25, 0.3) is 0 Å². The Balaban J connectivity index is 2.65. The fourth-order valence-corrected chi connectivity index (χ4v) is 1.66. The van der Waals surface area contributed by atoms with Crippen LogP contribution in [0.5, 0.6) is 0 Å². The second kappa shape index (κ2) is 6.17. The number of esters is 1. The smallest absolute Gasteiger partial charge is 0.350 e. The Morgan fingerprint density at radius 2 is 2.06 bits per heavy atom. The molecule has 1 rings (SSSR count). The molecule has 0 aliphatic rings. The highest BCUT2D eigenvalue weighted by Crippen LogP contribution is 2.08. The highest BCUT2D eigenvalue weighted by molar-refractivity contribution is 7.83. The average molecular weight is 239 g/mol. The van der Waals surface area contributed by atoms with Crippen LogP contribution in [-0.4, -0.2) is 23.0 Å². The molecule has 4 nitrogen and oxygen atoms in total. The second-order valence-corrected chi connectivity index (χ2v) is 4.23. The van der Waals surface area contributed by atoms with Gasteiger partial charge in [-0.3, -0.25) is 0 Å². The number of carbonyl (C=O) groups is 1. The number of hydrogen-bond donors (Lipinski definition) is 0. The summed E-state index contributed by atoms with van der Waals surface area (Å²) in [6, 6.07) is 7.11. The zero-order valence-corrected chi connectivity index (χ0v) is 9.99. The van der Waals surface area contributed by atoms with Crippen molar-refractivity contribution in [2.24, 2.45) is 4.40 Å². The molecular formula is C11H13NO3S. The van der Waals surface area contributed by atoms with Crippen LogP contribution in [0.3, 0.4) is 0 Å². The highest BCUT2D eigenvalue weighted by Gasteiger charge is 2.02. The molecule has 0 aromatic heterocycles. The van der Waals surface area contributed by atoms with Gasteiger partial charge in [-0.1, -0.05) is 17.7 Å². The van der Waals surface area contributed by atoms with E-state index in [2.05, 4.69) is 9.13 Å². The van der Waals surface area contributed by atoms with Crippen molar-refractivity contribution in [1.82, 2.24) is 0 Å². The maximum absolute atomic E-state index is 11.6. The maximum atomic E-state index is 11.6. The number of benzene rings is 1. The fraction of sp³-hybridized carbons (Fsp3) is 0.273. The van der Waals surface area contributed by atoms with Crippen molar-refractivity contribution in [3.05, 3.63) is 29.8 Å². The number of aryl methyl sites for hydroxylation is 1. The minimum atomic E-state index is -1.55. The van der Waals surface area contributed by atoms with Gasteiger partial charge in [0.15, 0.2) is 11.0 Å². The molecule has 0 saturated carbocycles. The molecule has 0 radical (unpaired) electrons. The topological polar surface area (TPSA) is 55.7 Å². The molecule has 86 valence electrons. The Hall–Kier alpha value is -1.49. The van der Waals surface area contributed by atoms with Crippen molar-refractivity contribution >= 4 is 23.2 Å². The lowest BCUT2D eigenvalue weighted by molar-refractivity contribution is -0.134. The molecule has 0 bridgehead atoms. The molecule has 0 aliphatic heterocycles. The molecule has 1 aromatic carbocycles. The van der Waals surface area contributed by atoms with Crippen LogP contribution >= 0.6 is 0 Å². The van der Waals surface area contributed by atoms with Crippen LogP contribution in [0.15, 0.2) is 33.6 Å². The first-order valence-electron chi connectivity index (χ1n) is 4.83. The number of nitrogens with zero attached hydrogens (tertiary/aromatic N) is 1. The van der Waals surface area contributed by atoms with Crippen LogP contribution < -0.4 is 0 Å². The van der Waals surface area contributed by atoms with E-state index in [9.17, 15) is 9.00 Å². The molecule has 16 heavy (non-hydrogen) atoms. The lowest BCUT2D eigenvalue weighted by Gasteiger charge is -1.97. The van der Waals surface area contributed by atoms with Gasteiger partial charge in [-0.05, 0) is 26.0 Å². The van der Waals surface area contributed by atoms with Crippen LogP contribution in [0.2, 0.25) is 0 Å². The zero-order chi connectivity index (χ0) is 12.0. The first-order valence-corrected chi connectivity index (χ1v) is 5.93. The monoisotopic (exact) mass is 239 g/mol. The summed E-state index contributed by atoms with van der Waals surface area (Å²) < 4.78 is 19.8. The normalized spacial score (nSPS) is 12.6. The molecule has 1 aromatic rings. The Kier molecular flexibility index (Phi) is 4.85. The molecule has 0 fully saturated rings. The Bertz CT molecular complexity index is 412. The van der Waals surface area contributed by atoms with Crippen LogP contribution in [0.4, 0.5) is 0 Å². The van der Waals surface area contributed by atoms with E-state index in [1.165, 1.54) is 0 Å². The van der Waals surface area contributed by atoms with Gasteiger partial charge in [0.05, 0.1) is 11.5 Å². The van der Waals surface area contributed by atoms with Gasteiger partial charge in [0.1, 0.15) is 6.21 Å². The number of rotatable bonds is 4. The minimum absolute atomic E-state index is 0.280. The lowest BCUT2D eigenvalue weighted by Crippen LogP contribution is -2.05. The molecule has 0 aliphatic carbocycles. The van der Waals surface area contributed by atoms with Crippen molar-refractivity contribution in [2.75, 3.05) is 6.61 Å². The summed E-state index contributed by atoms with van der Waals surface area (Å²) in [4.78, 5) is 11.5. The number of carbonyl (C=O) groups excluding carboxylic acids is 1. The van der Waals surface area contributed by atoms with Crippen molar-refractivity contribution in [3.63, 3.8) is 0 Å². The zero-order valence-electron chi connectivity index (χ0n) is 9.17. The first kappa shape index (κ1) is 12.6. The number of ether oxygens (including phenoxy) is 1. The van der Waals surface area contributed by atoms with Gasteiger partial charge in [0, 0.05) is 0 Å². The summed E-state index contributed by atoms with van der Waals surface area (Å²) in [5.41, 5.74) is 1.08. The van der Waals surface area contributed by atoms with Gasteiger partial charge >= 0.3 is 5.97 Å². The van der Waals surface area contributed by atoms with E-state index in [4.69, 9.17) is 0 Å². The third kappa shape index (κ3) is 3.94. The van der Waals surface area contributed by atoms with Crippen LogP contribution in [-0.2, 0) is 20.5 Å². The van der Waals surface area contributed by atoms with Crippen LogP contribution in [0, 0.1) is 6.92 Å². The van der Waals surface area contributed by atoms with Crippen LogP contribution in [0.25, 0.3) is 0 Å². The summed E-state index contributed by atoms with van der Waals surface area (Å²) in [7, 11) is -1.55. The van der Waals surface area contributed by atoms with E-state index in [0.717, 1.165) is 11.8 Å². The average Bonchev–Trinajstić information content (AvgIpc) is 2.27. The first-order chi connectivity index (χ1) is 7.63. The minimum Gasteiger partial charge on any atom is -0.462 e. The third-order valence-corrected chi connectivity index (χ3v) is 2.74. The van der Waals surface area contributed by atoms with E-state index < -0.39 is 17.0 Å². The van der Waals surface area contributed by atoms with Crippen molar-refractivity contribution < 1.29 is 13.7 Å². The molecule has 1 atom stereocenters. The number of hydrogen-bond acceptors (Lipinski definition) is 3. The standard InChI is InChI=1S/C11H13NO3S/c1-3-15-11(13)8-12-16(14)10-6-4-9(2)5-7-10/h4-8H,3H2,1-2H3/b12-8+. The summed E-state index contributed by atoms with van der Waals surface area (Å²) in [6.45, 7) is 3.92. The highest BCUT2D eigenvalue weighted by atomic mass is 32.2. The molecule has 0 amide bonds. The largest absolute Gasteiger partial charge is 0.462 e. The molecule has 1 unspecified atom stereocenters. The Labute approximate surface area is 96.9 Å². The van der Waals surface area contributed by atoms with E-state index in [1.54, 1.807) is 19.1 Å². The molecule has 0 heterocycles.